The van der Waals surface area contributed by atoms with Crippen molar-refractivity contribution in [1.29, 1.82) is 5.26 Å². The van der Waals surface area contributed by atoms with Gasteiger partial charge >= 0.3 is 6.01 Å². The number of alkyl halides is 1. The Kier molecular flexibility index (Phi) is 7.62. The van der Waals surface area contributed by atoms with Crippen molar-refractivity contribution in [3.63, 3.8) is 0 Å². The van der Waals surface area contributed by atoms with Crippen LogP contribution in [0.1, 0.15) is 68.1 Å². The molecule has 8 nitrogen and oxygen atoms in total. The van der Waals surface area contributed by atoms with E-state index in [2.05, 4.69) is 38.4 Å². The van der Waals surface area contributed by atoms with Crippen LogP contribution in [0, 0.1) is 11.3 Å². The number of anilines is 1. The molecule has 4 atom stereocenters. The molecular formula is C32H37ClF2N6O2. The quantitative estimate of drug-likeness (QED) is 0.413. The lowest BCUT2D eigenvalue weighted by Crippen LogP contribution is -2.62. The fourth-order valence-corrected chi connectivity index (χ4v) is 7.87. The molecule has 11 heteroatoms. The van der Waals surface area contributed by atoms with E-state index in [-0.39, 0.29) is 37.1 Å². The second kappa shape index (κ2) is 11.0. The van der Waals surface area contributed by atoms with Crippen molar-refractivity contribution in [2.45, 2.75) is 81.6 Å². The molecule has 0 radical (unpaired) electrons. The number of likely N-dealkylation sites (tertiary alicyclic amines) is 1. The molecule has 2 fully saturated rings. The first-order valence-electron chi connectivity index (χ1n) is 14.9. The van der Waals surface area contributed by atoms with Gasteiger partial charge in [-0.3, -0.25) is 9.69 Å². The highest BCUT2D eigenvalue weighted by atomic mass is 35.5. The summed E-state index contributed by atoms with van der Waals surface area (Å²) in [5, 5.41) is 10.1. The molecule has 1 aromatic carbocycles. The SMILES string of the molecule is C=C(F)C(=O)N1CCN(c2nc(OCC3CC(C)(C)N3C)nc3c2CC[C@@]2(CCc4c(Cl)cccc42)C3F)C[C@@H]1CC#N. The van der Waals surface area contributed by atoms with Crippen molar-refractivity contribution in [3.8, 4) is 12.1 Å². The minimum Gasteiger partial charge on any atom is -0.462 e. The van der Waals surface area contributed by atoms with Crippen LogP contribution in [-0.2, 0) is 23.1 Å². The third-order valence-electron chi connectivity index (χ3n) is 10.3. The third kappa shape index (κ3) is 4.95. The average molecular weight is 611 g/mol. The Morgan fingerprint density at radius 2 is 1.95 bits per heavy atom. The Balaban J connectivity index is 1.36. The van der Waals surface area contributed by atoms with Crippen LogP contribution in [0.5, 0.6) is 6.01 Å². The molecule has 1 aromatic heterocycles. The summed E-state index contributed by atoms with van der Waals surface area (Å²) in [6.45, 7) is 8.64. The zero-order valence-electron chi connectivity index (χ0n) is 24.9. The van der Waals surface area contributed by atoms with Crippen LogP contribution in [0.2, 0.25) is 5.02 Å². The van der Waals surface area contributed by atoms with Crippen molar-refractivity contribution in [2.24, 2.45) is 0 Å². The van der Waals surface area contributed by atoms with E-state index < -0.39 is 29.4 Å². The van der Waals surface area contributed by atoms with E-state index in [1.54, 1.807) is 0 Å². The van der Waals surface area contributed by atoms with Gasteiger partial charge in [-0.15, -0.1) is 0 Å². The lowest BCUT2D eigenvalue weighted by atomic mass is 9.68. The molecule has 2 aliphatic heterocycles. The van der Waals surface area contributed by atoms with E-state index in [0.29, 0.717) is 60.9 Å². The van der Waals surface area contributed by atoms with Gasteiger partial charge in [-0.05, 0) is 70.2 Å². The first-order valence-corrected chi connectivity index (χ1v) is 15.3. The first-order chi connectivity index (χ1) is 20.5. The van der Waals surface area contributed by atoms with Crippen LogP contribution < -0.4 is 9.64 Å². The minimum absolute atomic E-state index is 0.0162. The molecule has 1 spiro atoms. The van der Waals surface area contributed by atoms with Gasteiger partial charge in [-0.1, -0.05) is 30.3 Å². The van der Waals surface area contributed by atoms with Gasteiger partial charge in [0.1, 0.15) is 12.4 Å². The number of amides is 1. The number of carbonyl (C=O) groups excluding carboxylic acids is 1. The molecule has 2 aromatic rings. The molecule has 6 rings (SSSR count). The summed E-state index contributed by atoms with van der Waals surface area (Å²) in [5.41, 5.74) is 2.35. The van der Waals surface area contributed by atoms with Gasteiger partial charge in [0.2, 0.25) is 0 Å². The number of benzene rings is 1. The molecule has 0 bridgehead atoms. The molecule has 4 aliphatic rings. The summed E-state index contributed by atoms with van der Waals surface area (Å²) in [6.07, 6.45) is 2.07. The van der Waals surface area contributed by atoms with Crippen LogP contribution >= 0.6 is 11.6 Å². The number of hydrogen-bond acceptors (Lipinski definition) is 7. The summed E-state index contributed by atoms with van der Waals surface area (Å²) >= 11 is 6.53. The summed E-state index contributed by atoms with van der Waals surface area (Å²) in [7, 11) is 2.06. The smallest absolute Gasteiger partial charge is 0.318 e. The van der Waals surface area contributed by atoms with Crippen molar-refractivity contribution in [2.75, 3.05) is 38.2 Å². The van der Waals surface area contributed by atoms with Crippen LogP contribution in [0.4, 0.5) is 14.6 Å². The number of rotatable bonds is 6. The third-order valence-corrected chi connectivity index (χ3v) is 10.6. The minimum atomic E-state index is -1.39. The molecule has 0 saturated carbocycles. The van der Waals surface area contributed by atoms with Crippen LogP contribution in [-0.4, -0.2) is 76.6 Å². The summed E-state index contributed by atoms with van der Waals surface area (Å²) in [6, 6.07) is 7.58. The van der Waals surface area contributed by atoms with E-state index in [4.69, 9.17) is 26.3 Å². The lowest BCUT2D eigenvalue weighted by Gasteiger charge is -2.52. The number of halogens is 3. The average Bonchev–Trinajstić information content (AvgIpc) is 3.37. The maximum atomic E-state index is 17.0. The normalized spacial score (nSPS) is 27.7. The Morgan fingerprint density at radius 3 is 2.63 bits per heavy atom. The van der Waals surface area contributed by atoms with E-state index in [0.717, 1.165) is 17.5 Å². The largest absolute Gasteiger partial charge is 0.462 e. The number of hydrogen-bond donors (Lipinski definition) is 0. The summed E-state index contributed by atoms with van der Waals surface area (Å²) in [5.74, 6) is -1.32. The predicted molar refractivity (Wildman–Crippen MR) is 160 cm³/mol. The Hall–Kier alpha value is -3.29. The standard InChI is InChI=1S/C32H37ClF2N6O2/c1-19(34)29(42)41-15-14-40(17-20(41)10-13-36)28-23-9-12-32(11-8-22-24(32)6-5-7-25(22)33)27(35)26(23)37-30(38-28)43-18-21-16-31(2,3)39(21)4/h5-7,20-21,27H,1,8-12,14-18H2,2-4H3/t20-,21?,27?,32+/m0/s1. The molecule has 2 unspecified atom stereocenters. The fourth-order valence-electron chi connectivity index (χ4n) is 7.60. The monoisotopic (exact) mass is 610 g/mol. The fraction of sp³-hybridized carbons (Fsp3) is 0.562. The number of likely N-dealkylation sites (N-methyl/N-ethyl adjacent to an activating group) is 1. The maximum absolute atomic E-state index is 17.0. The highest BCUT2D eigenvalue weighted by molar-refractivity contribution is 6.31. The Bertz CT molecular complexity index is 1510. The second-order valence-corrected chi connectivity index (χ2v) is 13.3. The van der Waals surface area contributed by atoms with Crippen LogP contribution in [0.15, 0.2) is 30.6 Å². The molecule has 0 N–H and O–H groups in total. The number of nitrogens with zero attached hydrogens (tertiary/aromatic N) is 6. The van der Waals surface area contributed by atoms with Gasteiger partial charge in [0, 0.05) is 47.2 Å². The van der Waals surface area contributed by atoms with Gasteiger partial charge in [-0.25, -0.2) is 8.78 Å². The van der Waals surface area contributed by atoms with E-state index in [9.17, 15) is 14.4 Å². The van der Waals surface area contributed by atoms with Crippen molar-refractivity contribution >= 4 is 23.3 Å². The first kappa shape index (κ1) is 29.8. The summed E-state index contributed by atoms with van der Waals surface area (Å²) in [4.78, 5) is 27.6. The Labute approximate surface area is 256 Å². The van der Waals surface area contributed by atoms with Gasteiger partial charge in [0.15, 0.2) is 12.0 Å². The second-order valence-electron chi connectivity index (χ2n) is 12.9. The maximum Gasteiger partial charge on any atom is 0.318 e. The van der Waals surface area contributed by atoms with Gasteiger partial charge in [0.05, 0.1) is 24.2 Å². The number of aromatic nitrogens is 2. The molecule has 228 valence electrons. The molecule has 3 heterocycles. The van der Waals surface area contributed by atoms with Crippen molar-refractivity contribution in [3.05, 3.63) is 58.0 Å². The molecular weight excluding hydrogens is 574 g/mol. The number of piperazine rings is 1. The molecule has 1 amide bonds. The van der Waals surface area contributed by atoms with Crippen LogP contribution in [0.25, 0.3) is 0 Å². The van der Waals surface area contributed by atoms with Gasteiger partial charge < -0.3 is 14.5 Å². The number of fused-ring (bicyclic) bond motifs is 3. The number of carbonyl (C=O) groups is 1. The van der Waals surface area contributed by atoms with E-state index in [1.165, 1.54) is 4.90 Å². The van der Waals surface area contributed by atoms with E-state index in [1.807, 2.05) is 23.1 Å². The zero-order chi connectivity index (χ0) is 30.7. The summed E-state index contributed by atoms with van der Waals surface area (Å²) < 4.78 is 37.0. The van der Waals surface area contributed by atoms with Crippen molar-refractivity contribution < 1.29 is 18.3 Å². The van der Waals surface area contributed by atoms with Gasteiger partial charge in [-0.2, -0.15) is 15.2 Å². The molecule has 43 heavy (non-hydrogen) atoms. The van der Waals surface area contributed by atoms with Gasteiger partial charge in [0.25, 0.3) is 5.91 Å². The van der Waals surface area contributed by atoms with E-state index >= 15 is 4.39 Å². The van der Waals surface area contributed by atoms with Crippen molar-refractivity contribution in [1.82, 2.24) is 19.8 Å². The number of nitriles is 1. The molecule has 2 saturated heterocycles. The number of ether oxygens (including phenoxy) is 1. The topological polar surface area (TPSA) is 85.6 Å². The highest BCUT2D eigenvalue weighted by Gasteiger charge is 2.51. The highest BCUT2D eigenvalue weighted by Crippen LogP contribution is 2.56. The molecule has 2 aliphatic carbocycles. The Morgan fingerprint density at radius 1 is 1.21 bits per heavy atom. The predicted octanol–water partition coefficient (Wildman–Crippen LogP) is 5.25. The zero-order valence-corrected chi connectivity index (χ0v) is 25.6. The van der Waals surface area contributed by atoms with Crippen LogP contribution in [0.3, 0.4) is 0 Å². The lowest BCUT2D eigenvalue weighted by molar-refractivity contribution is -0.131.